The largest absolute Gasteiger partial charge is 0.346 e. The van der Waals surface area contributed by atoms with Gasteiger partial charge in [0.05, 0.1) is 0 Å². The molecule has 2 aromatic rings. The first-order valence-electron chi connectivity index (χ1n) is 6.04. The van der Waals surface area contributed by atoms with Crippen molar-refractivity contribution in [2.75, 3.05) is 0 Å². The zero-order valence-electron chi connectivity index (χ0n) is 10.8. The van der Waals surface area contributed by atoms with Crippen LogP contribution in [0.3, 0.4) is 0 Å². The van der Waals surface area contributed by atoms with Crippen LogP contribution in [0.2, 0.25) is 0 Å². The fourth-order valence-electron chi connectivity index (χ4n) is 2.08. The maximum absolute atomic E-state index is 5.95. The number of hydrogen-bond acceptors (Lipinski definition) is 1. The Morgan fingerprint density at radius 3 is 2.59 bits per heavy atom. The number of aryl methyl sites for hydroxylation is 2. The third-order valence-electron chi connectivity index (χ3n) is 3.26. The van der Waals surface area contributed by atoms with E-state index in [-0.39, 0.29) is 6.04 Å². The summed E-state index contributed by atoms with van der Waals surface area (Å²) in [6, 6.07) is 10.8. The van der Waals surface area contributed by atoms with E-state index in [1.165, 1.54) is 22.4 Å². The van der Waals surface area contributed by atoms with E-state index in [1.807, 2.05) is 6.92 Å². The van der Waals surface area contributed by atoms with Crippen molar-refractivity contribution in [3.05, 3.63) is 58.9 Å². The van der Waals surface area contributed by atoms with Gasteiger partial charge in [0, 0.05) is 24.5 Å². The van der Waals surface area contributed by atoms with Crippen LogP contribution in [0.5, 0.6) is 0 Å². The fourth-order valence-corrected chi connectivity index (χ4v) is 2.08. The maximum Gasteiger partial charge on any atom is 0.0473 e. The van der Waals surface area contributed by atoms with Gasteiger partial charge >= 0.3 is 0 Å². The van der Waals surface area contributed by atoms with E-state index in [2.05, 4.69) is 54.9 Å². The number of hydrogen-bond donors (Lipinski definition) is 1. The maximum atomic E-state index is 5.95. The minimum atomic E-state index is 0.0801. The van der Waals surface area contributed by atoms with Crippen molar-refractivity contribution in [2.24, 2.45) is 5.73 Å². The molecule has 2 heteroatoms. The van der Waals surface area contributed by atoms with Crippen molar-refractivity contribution in [3.8, 4) is 0 Å². The summed E-state index contributed by atoms with van der Waals surface area (Å²) in [4.78, 5) is 0. The molecule has 0 spiro atoms. The van der Waals surface area contributed by atoms with Crippen molar-refractivity contribution in [1.82, 2.24) is 4.57 Å². The highest BCUT2D eigenvalue weighted by Crippen LogP contribution is 2.15. The summed E-state index contributed by atoms with van der Waals surface area (Å²) >= 11 is 0. The summed E-state index contributed by atoms with van der Waals surface area (Å²) in [5, 5.41) is 0. The molecular formula is C15H20N2. The zero-order chi connectivity index (χ0) is 12.4. The number of nitrogens with zero attached hydrogens (tertiary/aromatic N) is 1. The average Bonchev–Trinajstić information content (AvgIpc) is 2.72. The summed E-state index contributed by atoms with van der Waals surface area (Å²) in [5.41, 5.74) is 11.1. The van der Waals surface area contributed by atoms with Gasteiger partial charge in [0.2, 0.25) is 0 Å². The number of aromatic nitrogens is 1. The normalized spacial score (nSPS) is 12.7. The van der Waals surface area contributed by atoms with E-state index < -0.39 is 0 Å². The molecular weight excluding hydrogens is 208 g/mol. The molecule has 1 aromatic carbocycles. The van der Waals surface area contributed by atoms with Crippen LogP contribution in [0.1, 0.15) is 35.3 Å². The molecule has 0 bridgehead atoms. The zero-order valence-corrected chi connectivity index (χ0v) is 10.8. The molecule has 0 saturated carbocycles. The van der Waals surface area contributed by atoms with Gasteiger partial charge in [-0.2, -0.15) is 0 Å². The van der Waals surface area contributed by atoms with E-state index in [1.54, 1.807) is 0 Å². The summed E-state index contributed by atoms with van der Waals surface area (Å²) in [7, 11) is 0. The Morgan fingerprint density at radius 1 is 1.18 bits per heavy atom. The molecule has 90 valence electrons. The Morgan fingerprint density at radius 2 is 1.94 bits per heavy atom. The molecule has 17 heavy (non-hydrogen) atoms. The van der Waals surface area contributed by atoms with Gasteiger partial charge < -0.3 is 10.3 Å². The monoisotopic (exact) mass is 228 g/mol. The predicted molar refractivity (Wildman–Crippen MR) is 72.1 cm³/mol. The topological polar surface area (TPSA) is 30.9 Å². The Kier molecular flexibility index (Phi) is 3.34. The summed E-state index contributed by atoms with van der Waals surface area (Å²) in [6.45, 7) is 7.21. The highest BCUT2D eigenvalue weighted by molar-refractivity contribution is 5.30. The first kappa shape index (κ1) is 11.9. The molecule has 1 aromatic heterocycles. The highest BCUT2D eigenvalue weighted by atomic mass is 15.0. The van der Waals surface area contributed by atoms with Crippen LogP contribution >= 0.6 is 0 Å². The lowest BCUT2D eigenvalue weighted by Gasteiger charge is -2.13. The van der Waals surface area contributed by atoms with Crippen LogP contribution in [0.25, 0.3) is 0 Å². The van der Waals surface area contributed by atoms with Crippen LogP contribution in [-0.2, 0) is 6.54 Å². The summed E-state index contributed by atoms with van der Waals surface area (Å²) in [6.07, 6.45) is 2.09. The van der Waals surface area contributed by atoms with Gasteiger partial charge in [-0.05, 0) is 49.6 Å². The van der Waals surface area contributed by atoms with Crippen molar-refractivity contribution >= 4 is 0 Å². The van der Waals surface area contributed by atoms with Gasteiger partial charge in [0.1, 0.15) is 0 Å². The van der Waals surface area contributed by atoms with Crippen LogP contribution in [-0.4, -0.2) is 4.57 Å². The second-order valence-electron chi connectivity index (χ2n) is 4.77. The van der Waals surface area contributed by atoms with E-state index in [9.17, 15) is 0 Å². The van der Waals surface area contributed by atoms with Crippen LogP contribution in [0, 0.1) is 13.8 Å². The molecule has 1 heterocycles. The first-order valence-corrected chi connectivity index (χ1v) is 6.04. The second-order valence-corrected chi connectivity index (χ2v) is 4.77. The number of benzene rings is 1. The second kappa shape index (κ2) is 4.76. The van der Waals surface area contributed by atoms with Crippen LogP contribution in [0.4, 0.5) is 0 Å². The smallest absolute Gasteiger partial charge is 0.0473 e. The summed E-state index contributed by atoms with van der Waals surface area (Å²) in [5.74, 6) is 0. The SMILES string of the molecule is Cc1ccc(Cn2cccc2C(C)N)cc1C. The molecule has 2 N–H and O–H groups in total. The van der Waals surface area contributed by atoms with E-state index in [0.29, 0.717) is 0 Å². The van der Waals surface area contributed by atoms with E-state index in [4.69, 9.17) is 5.73 Å². The lowest BCUT2D eigenvalue weighted by molar-refractivity contribution is 0.675. The molecule has 0 radical (unpaired) electrons. The molecule has 2 rings (SSSR count). The fraction of sp³-hybridized carbons (Fsp3) is 0.333. The molecule has 0 aliphatic heterocycles. The standard InChI is InChI=1S/C15H20N2/c1-11-6-7-14(9-12(11)2)10-17-8-4-5-15(17)13(3)16/h4-9,13H,10,16H2,1-3H3. The van der Waals surface area contributed by atoms with Crippen molar-refractivity contribution in [2.45, 2.75) is 33.4 Å². The van der Waals surface area contributed by atoms with Crippen molar-refractivity contribution in [3.63, 3.8) is 0 Å². The molecule has 1 atom stereocenters. The lowest BCUT2D eigenvalue weighted by Crippen LogP contribution is -2.12. The first-order chi connectivity index (χ1) is 8.08. The minimum Gasteiger partial charge on any atom is -0.346 e. The number of nitrogens with two attached hydrogens (primary N) is 1. The van der Waals surface area contributed by atoms with E-state index >= 15 is 0 Å². The van der Waals surface area contributed by atoms with Crippen molar-refractivity contribution < 1.29 is 0 Å². The molecule has 0 aliphatic carbocycles. The summed E-state index contributed by atoms with van der Waals surface area (Å²) < 4.78 is 2.22. The van der Waals surface area contributed by atoms with Gasteiger partial charge in [0.15, 0.2) is 0 Å². The Hall–Kier alpha value is -1.54. The minimum absolute atomic E-state index is 0.0801. The van der Waals surface area contributed by atoms with Crippen LogP contribution < -0.4 is 5.73 Å². The van der Waals surface area contributed by atoms with Gasteiger partial charge in [-0.3, -0.25) is 0 Å². The third kappa shape index (κ3) is 2.59. The van der Waals surface area contributed by atoms with Crippen molar-refractivity contribution in [1.29, 1.82) is 0 Å². The molecule has 0 fully saturated rings. The highest BCUT2D eigenvalue weighted by Gasteiger charge is 2.06. The average molecular weight is 228 g/mol. The van der Waals surface area contributed by atoms with E-state index in [0.717, 1.165) is 6.54 Å². The quantitative estimate of drug-likeness (QED) is 0.859. The number of rotatable bonds is 3. The Labute approximate surface area is 103 Å². The third-order valence-corrected chi connectivity index (χ3v) is 3.26. The molecule has 1 unspecified atom stereocenters. The molecule has 0 aliphatic rings. The van der Waals surface area contributed by atoms with Gasteiger partial charge in [-0.15, -0.1) is 0 Å². The lowest BCUT2D eigenvalue weighted by atomic mass is 10.1. The van der Waals surface area contributed by atoms with Gasteiger partial charge in [-0.1, -0.05) is 18.2 Å². The van der Waals surface area contributed by atoms with Crippen LogP contribution in [0.15, 0.2) is 36.5 Å². The Balaban J connectivity index is 2.25. The van der Waals surface area contributed by atoms with Gasteiger partial charge in [-0.25, -0.2) is 0 Å². The Bertz CT molecular complexity index is 509. The van der Waals surface area contributed by atoms with Gasteiger partial charge in [0.25, 0.3) is 0 Å². The predicted octanol–water partition coefficient (Wildman–Crippen LogP) is 3.17. The molecule has 2 nitrogen and oxygen atoms in total. The molecule has 0 saturated heterocycles. The molecule has 0 amide bonds.